The van der Waals surface area contributed by atoms with Gasteiger partial charge in [0.05, 0.1) is 5.56 Å². The molecule has 2 aromatic carbocycles. The van der Waals surface area contributed by atoms with Gasteiger partial charge in [-0.1, -0.05) is 63.3 Å². The van der Waals surface area contributed by atoms with Gasteiger partial charge in [0.15, 0.2) is 0 Å². The van der Waals surface area contributed by atoms with Crippen molar-refractivity contribution >= 4 is 0 Å². The van der Waals surface area contributed by atoms with Gasteiger partial charge < -0.3 is 4.74 Å². The average molecular weight is 419 g/mol. The topological polar surface area (TPSA) is 9.23 Å². The van der Waals surface area contributed by atoms with Crippen molar-refractivity contribution in [1.29, 1.82) is 0 Å². The van der Waals surface area contributed by atoms with Crippen molar-refractivity contribution in [3.63, 3.8) is 0 Å². The summed E-state index contributed by atoms with van der Waals surface area (Å²) in [6.07, 6.45) is 7.76. The van der Waals surface area contributed by atoms with Crippen molar-refractivity contribution in [3.8, 4) is 5.75 Å². The zero-order valence-corrected chi connectivity index (χ0v) is 17.9. The number of hydrogen-bond acceptors (Lipinski definition) is 1. The maximum Gasteiger partial charge on any atom is 0.416 e. The smallest absolute Gasteiger partial charge is 0.416 e. The predicted molar refractivity (Wildman–Crippen MR) is 116 cm³/mol. The second-order valence-electron chi connectivity index (χ2n) is 8.62. The minimum Gasteiger partial charge on any atom is -0.489 e. The lowest BCUT2D eigenvalue weighted by Crippen LogP contribution is -2.13. The fourth-order valence-electron chi connectivity index (χ4n) is 4.44. The molecule has 1 aliphatic carbocycles. The summed E-state index contributed by atoms with van der Waals surface area (Å²) < 4.78 is 43.5. The van der Waals surface area contributed by atoms with E-state index in [-0.39, 0.29) is 0 Å². The van der Waals surface area contributed by atoms with Gasteiger partial charge in [0.1, 0.15) is 12.4 Å². The Hall–Kier alpha value is -1.97. The highest BCUT2D eigenvalue weighted by atomic mass is 19.4. The lowest BCUT2D eigenvalue weighted by molar-refractivity contribution is -0.137. The third-order valence-corrected chi connectivity index (χ3v) is 6.35. The van der Waals surface area contributed by atoms with Gasteiger partial charge in [-0.2, -0.15) is 13.2 Å². The zero-order valence-electron chi connectivity index (χ0n) is 17.9. The van der Waals surface area contributed by atoms with Crippen molar-refractivity contribution in [1.82, 2.24) is 0 Å². The van der Waals surface area contributed by atoms with Crippen molar-refractivity contribution in [3.05, 3.63) is 65.2 Å². The minimum absolute atomic E-state index is 0.357. The number of halogens is 3. The molecule has 0 N–H and O–H groups in total. The largest absolute Gasteiger partial charge is 0.489 e. The molecule has 1 fully saturated rings. The van der Waals surface area contributed by atoms with Crippen LogP contribution in [0.25, 0.3) is 0 Å². The van der Waals surface area contributed by atoms with Crippen LogP contribution in [0.15, 0.2) is 48.5 Å². The van der Waals surface area contributed by atoms with E-state index in [0.29, 0.717) is 18.3 Å². The van der Waals surface area contributed by atoms with E-state index in [1.54, 1.807) is 0 Å². The lowest BCUT2D eigenvalue weighted by atomic mass is 9.77. The summed E-state index contributed by atoms with van der Waals surface area (Å²) in [5.74, 6) is 2.01. The van der Waals surface area contributed by atoms with E-state index in [1.807, 2.05) is 0 Å². The second kappa shape index (κ2) is 10.9. The van der Waals surface area contributed by atoms with Crippen LogP contribution in [0.2, 0.25) is 0 Å². The van der Waals surface area contributed by atoms with Gasteiger partial charge in [0, 0.05) is 0 Å². The zero-order chi connectivity index (χ0) is 21.4. The molecular formula is C26H33F3O. The number of alkyl halides is 3. The van der Waals surface area contributed by atoms with Gasteiger partial charge in [-0.25, -0.2) is 0 Å². The highest BCUT2D eigenvalue weighted by Crippen LogP contribution is 2.38. The molecule has 1 nitrogen and oxygen atoms in total. The van der Waals surface area contributed by atoms with Gasteiger partial charge in [-0.05, 0) is 72.9 Å². The highest BCUT2D eigenvalue weighted by molar-refractivity contribution is 5.30. The van der Waals surface area contributed by atoms with Crippen LogP contribution in [0.4, 0.5) is 13.2 Å². The molecule has 0 bridgehead atoms. The molecule has 0 heterocycles. The summed E-state index contributed by atoms with van der Waals surface area (Å²) in [4.78, 5) is 0. The molecule has 4 heteroatoms. The Kier molecular flexibility index (Phi) is 8.24. The van der Waals surface area contributed by atoms with E-state index >= 15 is 0 Å². The van der Waals surface area contributed by atoms with E-state index in [0.717, 1.165) is 23.6 Å². The molecule has 0 radical (unpaired) electrons. The summed E-state index contributed by atoms with van der Waals surface area (Å²) in [7, 11) is 0. The number of hydrogen-bond donors (Lipinski definition) is 0. The first-order valence-electron chi connectivity index (χ1n) is 11.3. The first-order valence-corrected chi connectivity index (χ1v) is 11.3. The molecule has 0 unspecified atom stereocenters. The standard InChI is InChI=1S/C26H33F3O/c1-2-3-4-5-6-20-7-11-22(12-8-20)23-13-9-21(10-14-23)19-30-25-17-15-24(16-18-25)26(27,28)29/h9-10,13-18,20,22H,2-8,11-12,19H2,1H3. The third-order valence-electron chi connectivity index (χ3n) is 6.35. The highest BCUT2D eigenvalue weighted by Gasteiger charge is 2.30. The molecule has 0 saturated heterocycles. The summed E-state index contributed by atoms with van der Waals surface area (Å²) in [5, 5.41) is 0. The lowest BCUT2D eigenvalue weighted by Gasteiger charge is -2.29. The van der Waals surface area contributed by atoms with Gasteiger partial charge >= 0.3 is 6.18 Å². The Morgan fingerprint density at radius 1 is 0.833 bits per heavy atom. The van der Waals surface area contributed by atoms with E-state index in [4.69, 9.17) is 4.74 Å². The van der Waals surface area contributed by atoms with Crippen molar-refractivity contribution in [2.75, 3.05) is 0 Å². The van der Waals surface area contributed by atoms with Crippen molar-refractivity contribution in [2.24, 2.45) is 5.92 Å². The quantitative estimate of drug-likeness (QED) is 0.371. The van der Waals surface area contributed by atoms with E-state index < -0.39 is 11.7 Å². The van der Waals surface area contributed by atoms with E-state index in [2.05, 4.69) is 31.2 Å². The van der Waals surface area contributed by atoms with Crippen LogP contribution < -0.4 is 4.74 Å². The van der Waals surface area contributed by atoms with Crippen LogP contribution >= 0.6 is 0 Å². The molecule has 1 saturated carbocycles. The Morgan fingerprint density at radius 2 is 1.50 bits per heavy atom. The molecule has 164 valence electrons. The van der Waals surface area contributed by atoms with Gasteiger partial charge in [0.2, 0.25) is 0 Å². The summed E-state index contributed by atoms with van der Waals surface area (Å²) >= 11 is 0. The second-order valence-corrected chi connectivity index (χ2v) is 8.62. The molecule has 3 rings (SSSR count). The fraction of sp³-hybridized carbons (Fsp3) is 0.538. The van der Waals surface area contributed by atoms with E-state index in [9.17, 15) is 13.2 Å². The Balaban J connectivity index is 1.43. The van der Waals surface area contributed by atoms with Crippen LogP contribution in [0, 0.1) is 5.92 Å². The summed E-state index contributed by atoms with van der Waals surface area (Å²) in [6, 6.07) is 13.4. The summed E-state index contributed by atoms with van der Waals surface area (Å²) in [5.41, 5.74) is 1.77. The molecule has 0 atom stereocenters. The van der Waals surface area contributed by atoms with Crippen LogP contribution in [0.3, 0.4) is 0 Å². The van der Waals surface area contributed by atoms with Crippen molar-refractivity contribution < 1.29 is 17.9 Å². The van der Waals surface area contributed by atoms with Crippen molar-refractivity contribution in [2.45, 2.75) is 83.4 Å². The molecule has 0 aliphatic heterocycles. The van der Waals surface area contributed by atoms with Crippen LogP contribution in [0.5, 0.6) is 5.75 Å². The van der Waals surface area contributed by atoms with Gasteiger partial charge in [-0.3, -0.25) is 0 Å². The fourth-order valence-corrected chi connectivity index (χ4v) is 4.44. The normalized spacial score (nSPS) is 19.6. The number of benzene rings is 2. The molecule has 0 aromatic heterocycles. The molecule has 0 amide bonds. The maximum absolute atomic E-state index is 12.6. The Labute approximate surface area is 178 Å². The number of ether oxygens (including phenoxy) is 1. The maximum atomic E-state index is 12.6. The monoisotopic (exact) mass is 418 g/mol. The molecule has 2 aromatic rings. The molecule has 0 spiro atoms. The minimum atomic E-state index is -4.32. The SMILES string of the molecule is CCCCCCC1CCC(c2ccc(COc3ccc(C(F)(F)F)cc3)cc2)CC1. The summed E-state index contributed by atoms with van der Waals surface area (Å²) in [6.45, 7) is 2.62. The van der Waals surface area contributed by atoms with Crippen LogP contribution in [-0.4, -0.2) is 0 Å². The first kappa shape index (κ1) is 22.7. The Bertz CT molecular complexity index is 741. The van der Waals surface area contributed by atoms with Crippen LogP contribution in [-0.2, 0) is 12.8 Å². The average Bonchev–Trinajstić information content (AvgIpc) is 2.76. The van der Waals surface area contributed by atoms with Crippen LogP contribution in [0.1, 0.15) is 87.3 Å². The first-order chi connectivity index (χ1) is 14.5. The third kappa shape index (κ3) is 6.78. The number of rotatable bonds is 9. The van der Waals surface area contributed by atoms with Gasteiger partial charge in [-0.15, -0.1) is 0 Å². The molecule has 1 aliphatic rings. The van der Waals surface area contributed by atoms with Gasteiger partial charge in [0.25, 0.3) is 0 Å². The van der Waals surface area contributed by atoms with E-state index in [1.165, 1.54) is 75.5 Å². The molecule has 30 heavy (non-hydrogen) atoms. The molecular weight excluding hydrogens is 385 g/mol. The predicted octanol–water partition coefficient (Wildman–Crippen LogP) is 8.53. The Morgan fingerprint density at radius 3 is 2.10 bits per heavy atom. The number of unbranched alkanes of at least 4 members (excludes halogenated alkanes) is 3.